The molecule has 0 aliphatic carbocycles. The first-order chi connectivity index (χ1) is 32.5. The number of Topliss-reactive ketones (excluding diaryl/α,β-unsaturated/α-hetero) is 1. The van der Waals surface area contributed by atoms with Crippen molar-refractivity contribution in [3.05, 3.63) is 45.7 Å². The monoisotopic (exact) mass is 968 g/mol. The van der Waals surface area contributed by atoms with E-state index in [0.29, 0.717) is 36.9 Å². The Balaban J connectivity index is 1.33. The number of esters is 1. The number of rotatable bonds is 13. The number of hydrogen-bond acceptors (Lipinski definition) is 15. The van der Waals surface area contributed by atoms with Crippen LogP contribution in [0.4, 0.5) is 9.59 Å². The SMILES string of the molecule is CC[C@H]1OC(=O)[C@H](C)[C@@H](OC(=O)NCCCOCCC#Cc2ccc3c(=O)c(C(=O)O)cn(C)c3c2)[C@H](C)[C@@H](O[C@@H]2O[C@H](C)C[C@H](N(C)C)[C@H]2O)[C@](C)(OC)C[C@@H](C)C(=O)[C@H](C)[C@H]2NC(=O)O[C@@]21C. The van der Waals surface area contributed by atoms with E-state index >= 15 is 0 Å². The summed E-state index contributed by atoms with van der Waals surface area (Å²) in [5, 5.41) is 26.8. The molecule has 4 N–H and O–H groups in total. The second kappa shape index (κ2) is 23.2. The van der Waals surface area contributed by atoms with Crippen LogP contribution in [0.25, 0.3) is 10.9 Å². The zero-order chi connectivity index (χ0) is 51.1. The molecule has 19 nitrogen and oxygen atoms in total. The van der Waals surface area contributed by atoms with Crippen LogP contribution in [0.15, 0.2) is 29.2 Å². The molecule has 0 bridgehead atoms. The highest BCUT2D eigenvalue weighted by Gasteiger charge is 2.57. The number of pyridine rings is 1. The van der Waals surface area contributed by atoms with Crippen LogP contribution in [0.3, 0.4) is 0 Å². The van der Waals surface area contributed by atoms with Gasteiger partial charge in [0.1, 0.15) is 29.7 Å². The summed E-state index contributed by atoms with van der Waals surface area (Å²) >= 11 is 0. The quantitative estimate of drug-likeness (QED) is 0.0942. The van der Waals surface area contributed by atoms with Gasteiger partial charge in [0.05, 0.1) is 41.9 Å². The lowest BCUT2D eigenvalue weighted by molar-refractivity contribution is -0.301. The molecule has 0 spiro atoms. The van der Waals surface area contributed by atoms with Gasteiger partial charge in [-0.25, -0.2) is 14.4 Å². The van der Waals surface area contributed by atoms with E-state index in [1.807, 2.05) is 25.9 Å². The summed E-state index contributed by atoms with van der Waals surface area (Å²) in [5.74, 6) is 0.416. The molecule has 19 heteroatoms. The van der Waals surface area contributed by atoms with Crippen molar-refractivity contribution in [2.45, 2.75) is 148 Å². The molecule has 0 saturated carbocycles. The second-order valence-electron chi connectivity index (χ2n) is 19.5. The molecule has 3 aliphatic rings. The zero-order valence-corrected chi connectivity index (χ0v) is 42.0. The van der Waals surface area contributed by atoms with Crippen LogP contribution in [0.1, 0.15) is 103 Å². The minimum Gasteiger partial charge on any atom is -0.477 e. The molecule has 382 valence electrons. The number of benzene rings is 1. The number of carbonyl (C=O) groups excluding carboxylic acids is 4. The molecule has 5 rings (SSSR count). The number of alkyl carbamates (subject to hydrolysis) is 2. The van der Waals surface area contributed by atoms with Crippen molar-refractivity contribution in [3.63, 3.8) is 0 Å². The Labute approximate surface area is 404 Å². The largest absolute Gasteiger partial charge is 0.477 e. The Morgan fingerprint density at radius 2 is 1.77 bits per heavy atom. The first-order valence-electron chi connectivity index (χ1n) is 23.8. The van der Waals surface area contributed by atoms with Crippen molar-refractivity contribution in [1.82, 2.24) is 20.1 Å². The Morgan fingerprint density at radius 1 is 1.06 bits per heavy atom. The number of aromatic carboxylic acids is 1. The summed E-state index contributed by atoms with van der Waals surface area (Å²) in [7, 11) is 6.86. The zero-order valence-electron chi connectivity index (χ0n) is 42.0. The topological polar surface area (TPSA) is 240 Å². The normalized spacial score (nSPS) is 33.3. The van der Waals surface area contributed by atoms with Gasteiger partial charge in [0.2, 0.25) is 5.43 Å². The number of methoxy groups -OCH3 is 1. The highest BCUT2D eigenvalue weighted by Crippen LogP contribution is 2.41. The van der Waals surface area contributed by atoms with E-state index in [4.69, 9.17) is 33.2 Å². The number of carboxylic acids is 1. The highest BCUT2D eigenvalue weighted by atomic mass is 16.7. The van der Waals surface area contributed by atoms with E-state index in [1.165, 1.54) is 13.3 Å². The maximum atomic E-state index is 14.4. The molecule has 14 atom stereocenters. The average molecular weight is 969 g/mol. The second-order valence-corrected chi connectivity index (χ2v) is 19.5. The summed E-state index contributed by atoms with van der Waals surface area (Å²) in [5.41, 5.74) is -2.40. The third kappa shape index (κ3) is 12.4. The molecule has 2 amide bonds. The standard InChI is InChI=1S/C50H72N4O15/c1-13-37-50(8)42(52-48(62)69-50)29(4)38(55)27(2)25-49(7,63-12)43(68-46-40(57)36(53(9)10)23-28(3)65-46)30(5)41(31(6)45(60)66-37)67-47(61)51-20-16-22-64-21-15-14-17-32-18-19-33-35(24-32)54(11)26-34(39(33)56)44(58)59/h18-19,24,26-31,36-37,40-43,46,57H,13,15-16,20-23,25H2,1-12H3,(H,51,61)(H,52,62)(H,58,59)/t27-,28-,29+,30+,31-,36+,37-,40-,41+,42-,43-,46+,49-,50-/m1/s1. The number of cyclic esters (lactones) is 1. The number of carboxylic acid groups (broad SMARTS) is 1. The third-order valence-corrected chi connectivity index (χ3v) is 14.1. The lowest BCUT2D eigenvalue weighted by Crippen LogP contribution is -2.61. The van der Waals surface area contributed by atoms with Gasteiger partial charge in [-0.2, -0.15) is 0 Å². The van der Waals surface area contributed by atoms with Gasteiger partial charge in [-0.05, 0) is 85.7 Å². The lowest BCUT2D eigenvalue weighted by Gasteiger charge is -2.48. The molecule has 69 heavy (non-hydrogen) atoms. The predicted molar refractivity (Wildman–Crippen MR) is 252 cm³/mol. The van der Waals surface area contributed by atoms with E-state index in [9.17, 15) is 39.0 Å². The smallest absolute Gasteiger partial charge is 0.408 e. The summed E-state index contributed by atoms with van der Waals surface area (Å²) in [4.78, 5) is 81.3. The fraction of sp³-hybridized carbons (Fsp3) is 0.680. The molecule has 0 unspecified atom stereocenters. The summed E-state index contributed by atoms with van der Waals surface area (Å²) in [6.45, 7) is 14.6. The van der Waals surface area contributed by atoms with Gasteiger partial charge in [-0.1, -0.05) is 39.5 Å². The lowest BCUT2D eigenvalue weighted by atomic mass is 9.73. The summed E-state index contributed by atoms with van der Waals surface area (Å²) in [6.07, 6.45) is -4.50. The maximum Gasteiger partial charge on any atom is 0.408 e. The molecule has 3 saturated heterocycles. The number of ether oxygens (including phenoxy) is 7. The number of aliphatic hydroxyl groups is 1. The Kier molecular flexibility index (Phi) is 18.4. The molecule has 1 aromatic carbocycles. The molecule has 2 aromatic rings. The number of likely N-dealkylation sites (N-methyl/N-ethyl adjacent to an activating group) is 1. The number of fused-ring (bicyclic) bond motifs is 2. The molecule has 1 aromatic heterocycles. The van der Waals surface area contributed by atoms with Crippen molar-refractivity contribution in [2.24, 2.45) is 30.7 Å². The van der Waals surface area contributed by atoms with Crippen molar-refractivity contribution in [2.75, 3.05) is 41.0 Å². The molecular weight excluding hydrogens is 897 g/mol. The van der Waals surface area contributed by atoms with Crippen LogP contribution in [0.5, 0.6) is 0 Å². The number of aromatic nitrogens is 1. The van der Waals surface area contributed by atoms with Crippen LogP contribution >= 0.6 is 0 Å². The number of carbonyl (C=O) groups is 5. The Hall–Kier alpha value is -5.10. The molecular formula is C50H72N4O15. The van der Waals surface area contributed by atoms with Crippen molar-refractivity contribution in [1.29, 1.82) is 0 Å². The molecule has 3 fully saturated rings. The number of nitrogens with zero attached hydrogens (tertiary/aromatic N) is 2. The molecule has 4 heterocycles. The van der Waals surface area contributed by atoms with Crippen LogP contribution < -0.4 is 16.1 Å². The summed E-state index contributed by atoms with van der Waals surface area (Å²) < 4.78 is 44.8. The van der Waals surface area contributed by atoms with Gasteiger partial charge in [0.15, 0.2) is 11.9 Å². The Morgan fingerprint density at radius 3 is 2.42 bits per heavy atom. The van der Waals surface area contributed by atoms with Gasteiger partial charge in [-0.15, -0.1) is 0 Å². The fourth-order valence-electron chi connectivity index (χ4n) is 10.2. The molecule has 3 aliphatic heterocycles. The van der Waals surface area contributed by atoms with Crippen molar-refractivity contribution >= 4 is 40.8 Å². The van der Waals surface area contributed by atoms with Gasteiger partial charge < -0.3 is 63.5 Å². The Bertz CT molecular complexity index is 2310. The predicted octanol–water partition coefficient (Wildman–Crippen LogP) is 4.40. The number of aliphatic hydroxyl groups excluding tert-OH is 1. The van der Waals surface area contributed by atoms with Gasteiger partial charge in [0, 0.05) is 74.7 Å². The fourth-order valence-corrected chi connectivity index (χ4v) is 10.2. The van der Waals surface area contributed by atoms with Crippen LogP contribution in [0, 0.1) is 35.5 Å². The number of ketones is 1. The number of amides is 2. The maximum absolute atomic E-state index is 14.4. The minimum absolute atomic E-state index is 0.0956. The molecule has 0 radical (unpaired) electrons. The van der Waals surface area contributed by atoms with E-state index in [2.05, 4.69) is 22.5 Å². The van der Waals surface area contributed by atoms with Gasteiger partial charge >= 0.3 is 24.1 Å². The number of aryl methyl sites for hydroxylation is 1. The van der Waals surface area contributed by atoms with Crippen LogP contribution in [-0.2, 0) is 49.8 Å². The van der Waals surface area contributed by atoms with E-state index in [-0.39, 0.29) is 54.9 Å². The first-order valence-corrected chi connectivity index (χ1v) is 23.8. The third-order valence-electron chi connectivity index (χ3n) is 14.1. The van der Waals surface area contributed by atoms with Crippen molar-refractivity contribution in [3.8, 4) is 11.8 Å². The number of nitrogens with one attached hydrogen (secondary N) is 2. The van der Waals surface area contributed by atoms with Crippen molar-refractivity contribution < 1.29 is 67.3 Å². The number of hydrogen-bond donors (Lipinski definition) is 4. The van der Waals surface area contributed by atoms with Gasteiger partial charge in [0.25, 0.3) is 0 Å². The minimum atomic E-state index is -1.42. The van der Waals surface area contributed by atoms with E-state index in [1.54, 1.807) is 78.3 Å². The van der Waals surface area contributed by atoms with Crippen LogP contribution in [-0.4, -0.2) is 151 Å². The van der Waals surface area contributed by atoms with E-state index < -0.39 is 101 Å². The summed E-state index contributed by atoms with van der Waals surface area (Å²) in [6, 6.07) is 3.76. The van der Waals surface area contributed by atoms with E-state index in [0.717, 1.165) is 0 Å². The highest BCUT2D eigenvalue weighted by molar-refractivity contribution is 5.93. The van der Waals surface area contributed by atoms with Gasteiger partial charge in [-0.3, -0.25) is 14.4 Å². The van der Waals surface area contributed by atoms with Crippen LogP contribution in [0.2, 0.25) is 0 Å². The first kappa shape index (κ1) is 54.8. The average Bonchev–Trinajstić information content (AvgIpc) is 3.62.